The van der Waals surface area contributed by atoms with Crippen LogP contribution < -0.4 is 10.1 Å². The summed E-state index contributed by atoms with van der Waals surface area (Å²) in [7, 11) is 1.59. The Morgan fingerprint density at radius 2 is 1.71 bits per heavy atom. The molecule has 126 valence electrons. The van der Waals surface area contributed by atoms with E-state index < -0.39 is 11.4 Å². The van der Waals surface area contributed by atoms with Crippen LogP contribution in [0, 0.1) is 6.92 Å². The zero-order valence-electron chi connectivity index (χ0n) is 14.2. The zero-order valence-corrected chi connectivity index (χ0v) is 14.2. The summed E-state index contributed by atoms with van der Waals surface area (Å²) in [5, 5.41) is 12.0. The van der Waals surface area contributed by atoms with Crippen molar-refractivity contribution in [1.29, 1.82) is 0 Å². The molecule has 1 amide bonds. The smallest absolute Gasteiger partial charge is 0.336 e. The quantitative estimate of drug-likeness (QED) is 0.879. The van der Waals surface area contributed by atoms with Gasteiger partial charge in [0.15, 0.2) is 0 Å². The molecule has 0 heterocycles. The predicted molar refractivity (Wildman–Crippen MR) is 92.8 cm³/mol. The van der Waals surface area contributed by atoms with Crippen molar-refractivity contribution in [1.82, 2.24) is 0 Å². The van der Waals surface area contributed by atoms with Gasteiger partial charge in [-0.25, -0.2) is 4.79 Å². The SMILES string of the molecule is COc1ccc(C(C)(C)C(=O)Nc2ccc(C)c(C(=O)O)c2)cc1. The number of aromatic carboxylic acids is 1. The van der Waals surface area contributed by atoms with Crippen molar-refractivity contribution in [2.45, 2.75) is 26.2 Å². The Kier molecular flexibility index (Phi) is 4.93. The van der Waals surface area contributed by atoms with Gasteiger partial charge in [0.05, 0.1) is 18.1 Å². The van der Waals surface area contributed by atoms with Crippen LogP contribution in [-0.4, -0.2) is 24.1 Å². The summed E-state index contributed by atoms with van der Waals surface area (Å²) in [6, 6.07) is 12.1. The van der Waals surface area contributed by atoms with Crippen LogP contribution in [-0.2, 0) is 10.2 Å². The van der Waals surface area contributed by atoms with Crippen LogP contribution in [0.4, 0.5) is 5.69 Å². The second-order valence-corrected chi connectivity index (χ2v) is 6.14. The normalized spacial score (nSPS) is 11.0. The maximum absolute atomic E-state index is 12.7. The number of nitrogens with one attached hydrogen (secondary N) is 1. The largest absolute Gasteiger partial charge is 0.497 e. The Morgan fingerprint density at radius 1 is 1.08 bits per heavy atom. The van der Waals surface area contributed by atoms with Crippen molar-refractivity contribution < 1.29 is 19.4 Å². The fourth-order valence-corrected chi connectivity index (χ4v) is 2.36. The second-order valence-electron chi connectivity index (χ2n) is 6.14. The highest BCUT2D eigenvalue weighted by molar-refractivity contribution is 6.00. The number of hydrogen-bond donors (Lipinski definition) is 2. The van der Waals surface area contributed by atoms with Gasteiger partial charge in [-0.3, -0.25) is 4.79 Å². The molecule has 2 rings (SSSR count). The highest BCUT2D eigenvalue weighted by Gasteiger charge is 2.30. The monoisotopic (exact) mass is 327 g/mol. The highest BCUT2D eigenvalue weighted by Crippen LogP contribution is 2.27. The maximum Gasteiger partial charge on any atom is 0.336 e. The van der Waals surface area contributed by atoms with E-state index in [-0.39, 0.29) is 11.5 Å². The van der Waals surface area contributed by atoms with Crippen molar-refractivity contribution in [3.8, 4) is 5.75 Å². The van der Waals surface area contributed by atoms with Gasteiger partial charge in [0.1, 0.15) is 5.75 Å². The molecule has 0 fully saturated rings. The molecule has 0 aliphatic rings. The third-order valence-corrected chi connectivity index (χ3v) is 4.11. The Hall–Kier alpha value is -2.82. The molecule has 2 N–H and O–H groups in total. The summed E-state index contributed by atoms with van der Waals surface area (Å²) in [6.45, 7) is 5.35. The molecule has 0 aliphatic carbocycles. The molecule has 0 saturated heterocycles. The van der Waals surface area contributed by atoms with E-state index in [9.17, 15) is 14.7 Å². The number of rotatable bonds is 5. The minimum atomic E-state index is -1.02. The predicted octanol–water partition coefficient (Wildman–Crippen LogP) is 3.62. The van der Waals surface area contributed by atoms with E-state index in [1.165, 1.54) is 6.07 Å². The van der Waals surface area contributed by atoms with E-state index in [0.717, 1.165) is 11.3 Å². The molecule has 5 nitrogen and oxygen atoms in total. The number of hydrogen-bond acceptors (Lipinski definition) is 3. The molecular formula is C19H21NO4. The van der Waals surface area contributed by atoms with Crippen LogP contribution in [0.25, 0.3) is 0 Å². The second kappa shape index (κ2) is 6.74. The Labute approximate surface area is 141 Å². The third-order valence-electron chi connectivity index (χ3n) is 4.11. The van der Waals surface area contributed by atoms with Crippen LogP contribution in [0.15, 0.2) is 42.5 Å². The van der Waals surface area contributed by atoms with Crippen molar-refractivity contribution >= 4 is 17.6 Å². The Bertz CT molecular complexity index is 763. The summed E-state index contributed by atoms with van der Waals surface area (Å²) in [5.41, 5.74) is 1.35. The maximum atomic E-state index is 12.7. The first kappa shape index (κ1) is 17.5. The van der Waals surface area contributed by atoms with Gasteiger partial charge in [0, 0.05) is 5.69 Å². The fourth-order valence-electron chi connectivity index (χ4n) is 2.36. The standard InChI is InChI=1S/C19H21NO4/c1-12-5-8-14(11-16(12)17(21)22)20-18(23)19(2,3)13-6-9-15(24-4)10-7-13/h5-11H,1-4H3,(H,20,23)(H,21,22). The average molecular weight is 327 g/mol. The van der Waals surface area contributed by atoms with Crippen LogP contribution >= 0.6 is 0 Å². The molecule has 0 aromatic heterocycles. The van der Waals surface area contributed by atoms with Gasteiger partial charge in [-0.2, -0.15) is 0 Å². The first-order valence-electron chi connectivity index (χ1n) is 7.55. The lowest BCUT2D eigenvalue weighted by atomic mass is 9.83. The van der Waals surface area contributed by atoms with Gasteiger partial charge in [0.25, 0.3) is 0 Å². The van der Waals surface area contributed by atoms with Crippen molar-refractivity contribution in [2.75, 3.05) is 12.4 Å². The minimum Gasteiger partial charge on any atom is -0.497 e. The number of carboxylic acids is 1. The number of ether oxygens (including phenoxy) is 1. The van der Waals surface area contributed by atoms with Crippen LogP contribution in [0.2, 0.25) is 0 Å². The van der Waals surface area contributed by atoms with Gasteiger partial charge in [-0.1, -0.05) is 18.2 Å². The van der Waals surface area contributed by atoms with Crippen LogP contribution in [0.5, 0.6) is 5.75 Å². The van der Waals surface area contributed by atoms with E-state index in [4.69, 9.17) is 4.74 Å². The molecule has 5 heteroatoms. The lowest BCUT2D eigenvalue weighted by Gasteiger charge is -2.24. The number of benzene rings is 2. The van der Waals surface area contributed by atoms with E-state index in [1.807, 2.05) is 26.0 Å². The van der Waals surface area contributed by atoms with Crippen molar-refractivity contribution in [3.63, 3.8) is 0 Å². The number of carbonyl (C=O) groups is 2. The number of amides is 1. The summed E-state index contributed by atoms with van der Waals surface area (Å²) in [5.74, 6) is -0.509. The van der Waals surface area contributed by atoms with E-state index in [2.05, 4.69) is 5.32 Å². The third kappa shape index (κ3) is 3.56. The molecule has 24 heavy (non-hydrogen) atoms. The van der Waals surface area contributed by atoms with Crippen molar-refractivity contribution in [2.24, 2.45) is 0 Å². The van der Waals surface area contributed by atoms with Crippen molar-refractivity contribution in [3.05, 3.63) is 59.2 Å². The van der Waals surface area contributed by atoms with E-state index in [0.29, 0.717) is 11.3 Å². The fraction of sp³-hybridized carbons (Fsp3) is 0.263. The number of anilines is 1. The van der Waals surface area contributed by atoms with Gasteiger partial charge >= 0.3 is 5.97 Å². The molecule has 0 saturated carbocycles. The number of carbonyl (C=O) groups excluding carboxylic acids is 1. The molecule has 0 unspecified atom stereocenters. The van der Waals surface area contributed by atoms with Crippen LogP contribution in [0.1, 0.15) is 35.3 Å². The zero-order chi connectivity index (χ0) is 17.9. The summed E-state index contributed by atoms with van der Waals surface area (Å²) in [4.78, 5) is 23.9. The Morgan fingerprint density at radius 3 is 2.25 bits per heavy atom. The first-order valence-corrected chi connectivity index (χ1v) is 7.55. The topological polar surface area (TPSA) is 75.6 Å². The molecule has 0 aliphatic heterocycles. The van der Waals surface area contributed by atoms with Gasteiger partial charge in [-0.15, -0.1) is 0 Å². The molecule has 2 aromatic carbocycles. The number of carboxylic acid groups (broad SMARTS) is 1. The minimum absolute atomic E-state index is 0.176. The van der Waals surface area contributed by atoms with E-state index in [1.54, 1.807) is 38.3 Å². The Balaban J connectivity index is 2.24. The first-order chi connectivity index (χ1) is 11.3. The molecular weight excluding hydrogens is 306 g/mol. The highest BCUT2D eigenvalue weighted by atomic mass is 16.5. The molecule has 2 aromatic rings. The molecule has 0 spiro atoms. The van der Waals surface area contributed by atoms with Gasteiger partial charge in [-0.05, 0) is 56.2 Å². The van der Waals surface area contributed by atoms with Gasteiger partial charge in [0.2, 0.25) is 5.91 Å². The lowest BCUT2D eigenvalue weighted by Crippen LogP contribution is -2.34. The molecule has 0 atom stereocenters. The summed E-state index contributed by atoms with van der Waals surface area (Å²) in [6.07, 6.45) is 0. The number of methoxy groups -OCH3 is 1. The summed E-state index contributed by atoms with van der Waals surface area (Å²) >= 11 is 0. The lowest BCUT2D eigenvalue weighted by molar-refractivity contribution is -0.120. The van der Waals surface area contributed by atoms with Crippen LogP contribution in [0.3, 0.4) is 0 Å². The van der Waals surface area contributed by atoms with Gasteiger partial charge < -0.3 is 15.2 Å². The van der Waals surface area contributed by atoms with E-state index >= 15 is 0 Å². The average Bonchev–Trinajstić information content (AvgIpc) is 2.56. The summed E-state index contributed by atoms with van der Waals surface area (Å²) < 4.78 is 5.13. The number of aryl methyl sites for hydroxylation is 1. The molecule has 0 bridgehead atoms. The molecule has 0 radical (unpaired) electrons.